The lowest BCUT2D eigenvalue weighted by Gasteiger charge is -2.17. The van der Waals surface area contributed by atoms with Gasteiger partial charge >= 0.3 is 0 Å². The highest BCUT2D eigenvalue weighted by atomic mass is 16.5. The van der Waals surface area contributed by atoms with E-state index >= 15 is 0 Å². The summed E-state index contributed by atoms with van der Waals surface area (Å²) in [5, 5.41) is 17.0. The number of para-hydroxylation sites is 1. The second kappa shape index (κ2) is 6.33. The molecule has 102 valence electrons. The number of nitrogens with zero attached hydrogens (tertiary/aromatic N) is 2. The van der Waals surface area contributed by atoms with E-state index < -0.39 is 0 Å². The molecule has 1 heterocycles. The summed E-state index contributed by atoms with van der Waals surface area (Å²) in [6, 6.07) is 7.53. The van der Waals surface area contributed by atoms with Crippen molar-refractivity contribution in [2.24, 2.45) is 0 Å². The van der Waals surface area contributed by atoms with Crippen molar-refractivity contribution < 1.29 is 9.63 Å². The molecule has 1 aromatic carbocycles. The summed E-state index contributed by atoms with van der Waals surface area (Å²) in [4.78, 5) is 4.16. The Labute approximate surface area is 112 Å². The predicted molar refractivity (Wildman–Crippen MR) is 71.9 cm³/mol. The van der Waals surface area contributed by atoms with Crippen LogP contribution in [0.15, 0.2) is 28.8 Å². The number of aromatic nitrogens is 2. The Hall–Kier alpha value is -1.88. The van der Waals surface area contributed by atoms with E-state index in [4.69, 9.17) is 4.52 Å². The van der Waals surface area contributed by atoms with Crippen LogP contribution in [0.3, 0.4) is 0 Å². The van der Waals surface area contributed by atoms with Crippen LogP contribution < -0.4 is 5.32 Å². The third kappa shape index (κ3) is 3.54. The minimum absolute atomic E-state index is 0.130. The molecular weight excluding hydrogens is 242 g/mol. The van der Waals surface area contributed by atoms with E-state index in [2.05, 4.69) is 22.4 Å². The first-order chi connectivity index (χ1) is 9.20. The van der Waals surface area contributed by atoms with Gasteiger partial charge in [0.15, 0.2) is 5.82 Å². The molecule has 0 spiro atoms. The van der Waals surface area contributed by atoms with Gasteiger partial charge in [0.2, 0.25) is 5.89 Å². The van der Waals surface area contributed by atoms with Gasteiger partial charge in [-0.25, -0.2) is 0 Å². The number of phenolic OH excluding ortho intramolecular Hbond substituents is 1. The molecule has 0 saturated carbocycles. The average Bonchev–Trinajstić information content (AvgIpc) is 2.82. The fourth-order valence-corrected chi connectivity index (χ4v) is 2.05. The summed E-state index contributed by atoms with van der Waals surface area (Å²) < 4.78 is 5.06. The minimum atomic E-state index is 0.130. The van der Waals surface area contributed by atoms with Gasteiger partial charge < -0.3 is 14.9 Å². The van der Waals surface area contributed by atoms with Crippen molar-refractivity contribution in [1.29, 1.82) is 0 Å². The van der Waals surface area contributed by atoms with Gasteiger partial charge in [-0.05, 0) is 19.4 Å². The van der Waals surface area contributed by atoms with Crippen LogP contribution >= 0.6 is 0 Å². The number of rotatable bonds is 6. The lowest BCUT2D eigenvalue weighted by atomic mass is 10.0. The lowest BCUT2D eigenvalue weighted by Crippen LogP contribution is -2.23. The molecule has 2 N–H and O–H groups in total. The maximum atomic E-state index is 9.85. The monoisotopic (exact) mass is 261 g/mol. The van der Waals surface area contributed by atoms with Gasteiger partial charge in [-0.2, -0.15) is 4.98 Å². The molecule has 0 aliphatic heterocycles. The van der Waals surface area contributed by atoms with E-state index in [1.807, 2.05) is 18.2 Å². The van der Waals surface area contributed by atoms with Crippen LogP contribution in [0.2, 0.25) is 0 Å². The van der Waals surface area contributed by atoms with E-state index in [-0.39, 0.29) is 6.04 Å². The Bertz CT molecular complexity index is 525. The molecule has 0 radical (unpaired) electrons. The normalized spacial score (nSPS) is 12.5. The van der Waals surface area contributed by atoms with Gasteiger partial charge in [-0.3, -0.25) is 0 Å². The van der Waals surface area contributed by atoms with Crippen LogP contribution in [-0.2, 0) is 6.42 Å². The summed E-state index contributed by atoms with van der Waals surface area (Å²) >= 11 is 0. The molecule has 5 heteroatoms. The Morgan fingerprint density at radius 1 is 1.37 bits per heavy atom. The summed E-state index contributed by atoms with van der Waals surface area (Å²) in [6.07, 6.45) is 1.59. The Morgan fingerprint density at radius 3 is 2.79 bits per heavy atom. The van der Waals surface area contributed by atoms with Crippen LogP contribution in [-0.4, -0.2) is 21.8 Å². The first-order valence-electron chi connectivity index (χ1n) is 6.51. The zero-order valence-corrected chi connectivity index (χ0v) is 11.3. The van der Waals surface area contributed by atoms with Crippen molar-refractivity contribution in [3.63, 3.8) is 0 Å². The molecule has 0 saturated heterocycles. The second-order valence-corrected chi connectivity index (χ2v) is 4.46. The lowest BCUT2D eigenvalue weighted by molar-refractivity contribution is 0.367. The number of hydrogen-bond donors (Lipinski definition) is 2. The van der Waals surface area contributed by atoms with E-state index in [0.717, 1.165) is 18.5 Å². The van der Waals surface area contributed by atoms with Crippen molar-refractivity contribution in [3.8, 4) is 5.75 Å². The molecule has 0 aliphatic carbocycles. The van der Waals surface area contributed by atoms with E-state index in [1.165, 1.54) is 0 Å². The molecule has 2 aromatic rings. The average molecular weight is 261 g/mol. The fraction of sp³-hybridized carbons (Fsp3) is 0.429. The van der Waals surface area contributed by atoms with E-state index in [1.54, 1.807) is 13.0 Å². The smallest absolute Gasteiger partial charge is 0.227 e. The summed E-state index contributed by atoms with van der Waals surface area (Å²) in [5.41, 5.74) is 0.923. The third-order valence-corrected chi connectivity index (χ3v) is 3.02. The van der Waals surface area contributed by atoms with E-state index in [0.29, 0.717) is 23.9 Å². The molecule has 1 unspecified atom stereocenters. The highest BCUT2D eigenvalue weighted by molar-refractivity contribution is 5.34. The molecule has 1 aromatic heterocycles. The standard InChI is InChI=1S/C14H19N3O2/c1-3-12(11-6-4-5-7-13(11)18)15-9-8-14-16-10(2)17-19-14/h4-7,12,15,18H,3,8-9H2,1-2H3. The van der Waals surface area contributed by atoms with Crippen LogP contribution in [0.5, 0.6) is 5.75 Å². The van der Waals surface area contributed by atoms with Crippen LogP contribution in [0.1, 0.15) is 36.7 Å². The summed E-state index contributed by atoms with van der Waals surface area (Å²) in [7, 11) is 0. The predicted octanol–water partition coefficient (Wildman–Crippen LogP) is 2.37. The molecular formula is C14H19N3O2. The molecule has 0 bridgehead atoms. The molecule has 1 atom stereocenters. The first kappa shape index (κ1) is 13.5. The second-order valence-electron chi connectivity index (χ2n) is 4.46. The van der Waals surface area contributed by atoms with Crippen molar-refractivity contribution >= 4 is 0 Å². The molecule has 5 nitrogen and oxygen atoms in total. The number of phenols is 1. The Kier molecular flexibility index (Phi) is 4.52. The number of benzene rings is 1. The van der Waals surface area contributed by atoms with Gasteiger partial charge in [-0.1, -0.05) is 30.3 Å². The third-order valence-electron chi connectivity index (χ3n) is 3.02. The van der Waals surface area contributed by atoms with Crippen LogP contribution in [0, 0.1) is 6.92 Å². The Balaban J connectivity index is 1.91. The molecule has 2 rings (SSSR count). The molecule has 0 amide bonds. The summed E-state index contributed by atoms with van der Waals surface area (Å²) in [6.45, 7) is 4.62. The van der Waals surface area contributed by atoms with Gasteiger partial charge in [0.25, 0.3) is 0 Å². The molecule has 0 aliphatic rings. The quantitative estimate of drug-likeness (QED) is 0.835. The first-order valence-corrected chi connectivity index (χ1v) is 6.51. The largest absolute Gasteiger partial charge is 0.508 e. The highest BCUT2D eigenvalue weighted by Gasteiger charge is 2.12. The zero-order valence-electron chi connectivity index (χ0n) is 11.3. The van der Waals surface area contributed by atoms with Gasteiger partial charge in [-0.15, -0.1) is 0 Å². The fourth-order valence-electron chi connectivity index (χ4n) is 2.05. The summed E-state index contributed by atoms with van der Waals surface area (Å²) in [5.74, 6) is 1.62. The van der Waals surface area contributed by atoms with Crippen LogP contribution in [0.25, 0.3) is 0 Å². The van der Waals surface area contributed by atoms with Gasteiger partial charge in [0.1, 0.15) is 5.75 Å². The number of aromatic hydroxyl groups is 1. The zero-order chi connectivity index (χ0) is 13.7. The minimum Gasteiger partial charge on any atom is -0.508 e. The van der Waals surface area contributed by atoms with Gasteiger partial charge in [0.05, 0.1) is 0 Å². The van der Waals surface area contributed by atoms with Crippen molar-refractivity contribution in [2.75, 3.05) is 6.54 Å². The SMILES string of the molecule is CCC(NCCc1nc(C)no1)c1ccccc1O. The Morgan fingerprint density at radius 2 is 2.16 bits per heavy atom. The van der Waals surface area contributed by atoms with Crippen molar-refractivity contribution in [3.05, 3.63) is 41.5 Å². The molecule has 0 fully saturated rings. The topological polar surface area (TPSA) is 71.2 Å². The van der Waals surface area contributed by atoms with Crippen molar-refractivity contribution in [1.82, 2.24) is 15.5 Å². The number of hydrogen-bond acceptors (Lipinski definition) is 5. The van der Waals surface area contributed by atoms with Crippen LogP contribution in [0.4, 0.5) is 0 Å². The van der Waals surface area contributed by atoms with Gasteiger partial charge in [0, 0.05) is 24.6 Å². The van der Waals surface area contributed by atoms with E-state index in [9.17, 15) is 5.11 Å². The van der Waals surface area contributed by atoms with Crippen molar-refractivity contribution in [2.45, 2.75) is 32.7 Å². The molecule has 19 heavy (non-hydrogen) atoms. The maximum Gasteiger partial charge on any atom is 0.227 e. The number of nitrogens with one attached hydrogen (secondary N) is 1. The highest BCUT2D eigenvalue weighted by Crippen LogP contribution is 2.25. The maximum absolute atomic E-state index is 9.85. The number of aryl methyl sites for hydroxylation is 1.